The Hall–Kier alpha value is -2.62. The minimum atomic E-state index is -0.158. The molecular weight excluding hydrogens is 264 g/mol. The number of anilines is 2. The normalized spacial score (nSPS) is 12.8. The SMILES string of the molecule is Cc1cccc(C)c1NC(=O)c1ccc2c(c1)CC(=O)N2. The summed E-state index contributed by atoms with van der Waals surface area (Å²) in [5.74, 6) is -0.188. The Labute approximate surface area is 123 Å². The molecule has 0 bridgehead atoms. The number of carbonyl (C=O) groups is 2. The van der Waals surface area contributed by atoms with Gasteiger partial charge in [-0.2, -0.15) is 0 Å². The van der Waals surface area contributed by atoms with Crippen LogP contribution < -0.4 is 10.6 Å². The zero-order valence-electron chi connectivity index (χ0n) is 12.0. The summed E-state index contributed by atoms with van der Waals surface area (Å²) in [5, 5.41) is 5.71. The van der Waals surface area contributed by atoms with Gasteiger partial charge < -0.3 is 10.6 Å². The van der Waals surface area contributed by atoms with Crippen molar-refractivity contribution in [3.8, 4) is 0 Å². The van der Waals surface area contributed by atoms with Crippen LogP contribution in [0.5, 0.6) is 0 Å². The standard InChI is InChI=1S/C17H16N2O2/c1-10-4-3-5-11(2)16(10)19-17(21)12-6-7-14-13(8-12)9-15(20)18-14/h3-8H,9H2,1-2H3,(H,18,20)(H,19,21). The van der Waals surface area contributed by atoms with Crippen molar-refractivity contribution in [2.45, 2.75) is 20.3 Å². The fourth-order valence-corrected chi connectivity index (χ4v) is 2.57. The second-order valence-electron chi connectivity index (χ2n) is 5.32. The van der Waals surface area contributed by atoms with Crippen molar-refractivity contribution >= 4 is 23.2 Å². The van der Waals surface area contributed by atoms with Crippen molar-refractivity contribution in [2.75, 3.05) is 10.6 Å². The van der Waals surface area contributed by atoms with E-state index in [4.69, 9.17) is 0 Å². The zero-order chi connectivity index (χ0) is 15.0. The van der Waals surface area contributed by atoms with Gasteiger partial charge in [0.05, 0.1) is 6.42 Å². The van der Waals surface area contributed by atoms with Crippen LogP contribution in [0.4, 0.5) is 11.4 Å². The monoisotopic (exact) mass is 280 g/mol. The third-order valence-corrected chi connectivity index (χ3v) is 3.71. The number of para-hydroxylation sites is 1. The van der Waals surface area contributed by atoms with Crippen molar-refractivity contribution in [3.05, 3.63) is 58.7 Å². The van der Waals surface area contributed by atoms with Gasteiger partial charge in [0.15, 0.2) is 0 Å². The second kappa shape index (κ2) is 5.05. The van der Waals surface area contributed by atoms with Gasteiger partial charge in [-0.3, -0.25) is 9.59 Å². The van der Waals surface area contributed by atoms with Crippen LogP contribution in [0, 0.1) is 13.8 Å². The van der Waals surface area contributed by atoms with Crippen LogP contribution in [0.1, 0.15) is 27.0 Å². The van der Waals surface area contributed by atoms with E-state index in [-0.39, 0.29) is 11.8 Å². The molecule has 4 heteroatoms. The molecule has 0 aliphatic carbocycles. The molecule has 4 nitrogen and oxygen atoms in total. The van der Waals surface area contributed by atoms with E-state index in [0.29, 0.717) is 12.0 Å². The molecule has 1 aliphatic heterocycles. The van der Waals surface area contributed by atoms with Crippen LogP contribution >= 0.6 is 0 Å². The molecule has 0 saturated heterocycles. The predicted molar refractivity (Wildman–Crippen MR) is 82.6 cm³/mol. The minimum Gasteiger partial charge on any atom is -0.326 e. The Morgan fingerprint density at radius 3 is 2.57 bits per heavy atom. The molecule has 3 rings (SSSR count). The maximum Gasteiger partial charge on any atom is 0.255 e. The summed E-state index contributed by atoms with van der Waals surface area (Å²) in [6.07, 6.45) is 0.333. The van der Waals surface area contributed by atoms with E-state index in [0.717, 1.165) is 28.1 Å². The van der Waals surface area contributed by atoms with E-state index in [1.807, 2.05) is 32.0 Å². The van der Waals surface area contributed by atoms with Gasteiger partial charge in [-0.05, 0) is 48.7 Å². The first kappa shape index (κ1) is 13.4. The molecule has 1 aliphatic rings. The molecule has 0 unspecified atom stereocenters. The molecule has 106 valence electrons. The highest BCUT2D eigenvalue weighted by Gasteiger charge is 2.19. The van der Waals surface area contributed by atoms with E-state index >= 15 is 0 Å². The fraction of sp³-hybridized carbons (Fsp3) is 0.176. The van der Waals surface area contributed by atoms with Crippen molar-refractivity contribution in [2.24, 2.45) is 0 Å². The van der Waals surface area contributed by atoms with Crippen molar-refractivity contribution in [3.63, 3.8) is 0 Å². The van der Waals surface area contributed by atoms with Gasteiger partial charge >= 0.3 is 0 Å². The van der Waals surface area contributed by atoms with Gasteiger partial charge in [-0.15, -0.1) is 0 Å². The summed E-state index contributed by atoms with van der Waals surface area (Å²) in [7, 11) is 0. The zero-order valence-corrected chi connectivity index (χ0v) is 12.0. The Kier molecular flexibility index (Phi) is 3.22. The van der Waals surface area contributed by atoms with Gasteiger partial charge in [-0.1, -0.05) is 18.2 Å². The first-order valence-electron chi connectivity index (χ1n) is 6.85. The Balaban J connectivity index is 1.87. The van der Waals surface area contributed by atoms with Gasteiger partial charge in [0.1, 0.15) is 0 Å². The summed E-state index contributed by atoms with van der Waals surface area (Å²) in [5.41, 5.74) is 5.13. The maximum atomic E-state index is 12.4. The fourth-order valence-electron chi connectivity index (χ4n) is 2.57. The lowest BCUT2D eigenvalue weighted by molar-refractivity contribution is -0.115. The smallest absolute Gasteiger partial charge is 0.255 e. The molecule has 2 N–H and O–H groups in total. The van der Waals surface area contributed by atoms with E-state index in [1.165, 1.54) is 0 Å². The summed E-state index contributed by atoms with van der Waals surface area (Å²) in [6, 6.07) is 11.2. The quantitative estimate of drug-likeness (QED) is 0.888. The third kappa shape index (κ3) is 2.52. The van der Waals surface area contributed by atoms with Gasteiger partial charge in [0.2, 0.25) is 5.91 Å². The highest BCUT2D eigenvalue weighted by Crippen LogP contribution is 2.25. The number of hydrogen-bond acceptors (Lipinski definition) is 2. The van der Waals surface area contributed by atoms with E-state index in [9.17, 15) is 9.59 Å². The van der Waals surface area contributed by atoms with E-state index in [1.54, 1.807) is 18.2 Å². The van der Waals surface area contributed by atoms with E-state index in [2.05, 4.69) is 10.6 Å². The molecular formula is C17H16N2O2. The Bertz CT molecular complexity index is 730. The van der Waals surface area contributed by atoms with Crippen LogP contribution in [-0.4, -0.2) is 11.8 Å². The number of carbonyl (C=O) groups excluding carboxylic acids is 2. The number of benzene rings is 2. The molecule has 0 fully saturated rings. The van der Waals surface area contributed by atoms with Crippen molar-refractivity contribution < 1.29 is 9.59 Å². The molecule has 1 heterocycles. The number of rotatable bonds is 2. The molecule has 2 aromatic carbocycles. The lowest BCUT2D eigenvalue weighted by Crippen LogP contribution is -2.14. The van der Waals surface area contributed by atoms with Gasteiger partial charge in [0.25, 0.3) is 5.91 Å². The minimum absolute atomic E-state index is 0.0303. The van der Waals surface area contributed by atoms with Crippen LogP contribution in [0.2, 0.25) is 0 Å². The van der Waals surface area contributed by atoms with Crippen LogP contribution in [0.3, 0.4) is 0 Å². The second-order valence-corrected chi connectivity index (χ2v) is 5.32. The molecule has 0 spiro atoms. The first-order valence-corrected chi connectivity index (χ1v) is 6.85. The summed E-state index contributed by atoms with van der Waals surface area (Å²) in [6.45, 7) is 3.93. The number of amides is 2. The van der Waals surface area contributed by atoms with Gasteiger partial charge in [0, 0.05) is 16.9 Å². The molecule has 2 amide bonds. The molecule has 0 aromatic heterocycles. The number of aryl methyl sites for hydroxylation is 2. The molecule has 0 saturated carbocycles. The Morgan fingerprint density at radius 1 is 1.14 bits per heavy atom. The summed E-state index contributed by atoms with van der Waals surface area (Å²) in [4.78, 5) is 23.7. The number of nitrogens with one attached hydrogen (secondary N) is 2. The number of fused-ring (bicyclic) bond motifs is 1. The largest absolute Gasteiger partial charge is 0.326 e. The summed E-state index contributed by atoms with van der Waals surface area (Å²) >= 11 is 0. The summed E-state index contributed by atoms with van der Waals surface area (Å²) < 4.78 is 0. The third-order valence-electron chi connectivity index (χ3n) is 3.71. The Morgan fingerprint density at radius 2 is 1.86 bits per heavy atom. The van der Waals surface area contributed by atoms with E-state index < -0.39 is 0 Å². The average Bonchev–Trinajstić information content (AvgIpc) is 2.81. The molecule has 21 heavy (non-hydrogen) atoms. The molecule has 0 radical (unpaired) electrons. The molecule has 0 atom stereocenters. The highest BCUT2D eigenvalue weighted by atomic mass is 16.2. The van der Waals surface area contributed by atoms with Crippen LogP contribution in [0.15, 0.2) is 36.4 Å². The highest BCUT2D eigenvalue weighted by molar-refractivity contribution is 6.07. The first-order chi connectivity index (χ1) is 10.0. The predicted octanol–water partition coefficient (Wildman–Crippen LogP) is 3.05. The van der Waals surface area contributed by atoms with Crippen LogP contribution in [-0.2, 0) is 11.2 Å². The van der Waals surface area contributed by atoms with Crippen LogP contribution in [0.25, 0.3) is 0 Å². The molecule has 2 aromatic rings. The lowest BCUT2D eigenvalue weighted by Gasteiger charge is -2.12. The van der Waals surface area contributed by atoms with Gasteiger partial charge in [-0.25, -0.2) is 0 Å². The average molecular weight is 280 g/mol. The topological polar surface area (TPSA) is 58.2 Å². The lowest BCUT2D eigenvalue weighted by atomic mass is 10.1. The number of hydrogen-bond donors (Lipinski definition) is 2. The van der Waals surface area contributed by atoms with Crippen molar-refractivity contribution in [1.29, 1.82) is 0 Å². The maximum absolute atomic E-state index is 12.4. The van der Waals surface area contributed by atoms with Crippen molar-refractivity contribution in [1.82, 2.24) is 0 Å².